The number of amides is 1. The third kappa shape index (κ3) is 4.10. The van der Waals surface area contributed by atoms with E-state index in [4.69, 9.17) is 0 Å². The number of hydrogen-bond acceptors (Lipinski definition) is 6. The van der Waals surface area contributed by atoms with E-state index in [0.717, 1.165) is 19.3 Å². The van der Waals surface area contributed by atoms with Gasteiger partial charge in [-0.2, -0.15) is 8.99 Å². The van der Waals surface area contributed by atoms with Crippen molar-refractivity contribution in [2.24, 2.45) is 0 Å². The van der Waals surface area contributed by atoms with Gasteiger partial charge in [-0.1, -0.05) is 36.8 Å². The van der Waals surface area contributed by atoms with Crippen molar-refractivity contribution in [3.05, 3.63) is 66.0 Å². The zero-order valence-electron chi connectivity index (χ0n) is 16.3. The van der Waals surface area contributed by atoms with E-state index >= 15 is 0 Å². The first-order valence-electron chi connectivity index (χ1n) is 9.76. The standard InChI is InChI=1S/C20H22N6O3S/c27-20(17-9-3-4-10-18(17)26-15-22-23-24-26)21-14-16-8-2-5-11-19(16)30(28,29)25-12-6-1-7-13-25/h2-5,8-11,15H,1,6-7,12-14H2,(H,21,27). The van der Waals surface area contributed by atoms with Gasteiger partial charge in [0.1, 0.15) is 6.33 Å². The highest BCUT2D eigenvalue weighted by Gasteiger charge is 2.28. The van der Waals surface area contributed by atoms with Crippen molar-refractivity contribution in [1.29, 1.82) is 0 Å². The lowest BCUT2D eigenvalue weighted by Gasteiger charge is -2.26. The summed E-state index contributed by atoms with van der Waals surface area (Å²) in [5.74, 6) is -0.341. The molecule has 1 aliphatic rings. The van der Waals surface area contributed by atoms with Gasteiger partial charge in [-0.25, -0.2) is 8.42 Å². The van der Waals surface area contributed by atoms with E-state index in [1.807, 2.05) is 0 Å². The number of para-hydroxylation sites is 1. The summed E-state index contributed by atoms with van der Waals surface area (Å²) < 4.78 is 29.2. The fourth-order valence-electron chi connectivity index (χ4n) is 3.55. The van der Waals surface area contributed by atoms with E-state index in [-0.39, 0.29) is 17.3 Å². The van der Waals surface area contributed by atoms with E-state index < -0.39 is 10.0 Å². The van der Waals surface area contributed by atoms with E-state index in [0.29, 0.717) is 29.9 Å². The molecular formula is C20H22N6O3S. The van der Waals surface area contributed by atoms with Crippen LogP contribution in [0.5, 0.6) is 0 Å². The molecule has 1 aromatic heterocycles. The third-order valence-corrected chi connectivity index (χ3v) is 7.09. The first kappa shape index (κ1) is 20.2. The van der Waals surface area contributed by atoms with Gasteiger partial charge in [0.15, 0.2) is 0 Å². The van der Waals surface area contributed by atoms with Crippen LogP contribution in [-0.2, 0) is 16.6 Å². The Morgan fingerprint density at radius 3 is 2.50 bits per heavy atom. The van der Waals surface area contributed by atoms with Crippen molar-refractivity contribution in [1.82, 2.24) is 29.8 Å². The molecule has 0 radical (unpaired) electrons. The Bertz CT molecular complexity index is 1120. The monoisotopic (exact) mass is 426 g/mol. The Kier molecular flexibility index (Phi) is 5.86. The molecule has 1 aliphatic heterocycles. The number of tetrazole rings is 1. The highest BCUT2D eigenvalue weighted by Crippen LogP contribution is 2.23. The van der Waals surface area contributed by atoms with Crippen LogP contribution in [0, 0.1) is 0 Å². The van der Waals surface area contributed by atoms with Gasteiger partial charge in [0, 0.05) is 19.6 Å². The molecule has 3 aromatic rings. The van der Waals surface area contributed by atoms with Crippen LogP contribution >= 0.6 is 0 Å². The minimum absolute atomic E-state index is 0.0893. The fraction of sp³-hybridized carbons (Fsp3) is 0.300. The maximum Gasteiger partial charge on any atom is 0.253 e. The Morgan fingerprint density at radius 2 is 1.73 bits per heavy atom. The molecule has 30 heavy (non-hydrogen) atoms. The van der Waals surface area contributed by atoms with Crippen molar-refractivity contribution < 1.29 is 13.2 Å². The molecular weight excluding hydrogens is 404 g/mol. The topological polar surface area (TPSA) is 110 Å². The minimum Gasteiger partial charge on any atom is -0.348 e. The first-order chi connectivity index (χ1) is 14.6. The average Bonchev–Trinajstić information content (AvgIpc) is 3.33. The molecule has 0 unspecified atom stereocenters. The second-order valence-electron chi connectivity index (χ2n) is 7.03. The van der Waals surface area contributed by atoms with Crippen LogP contribution in [0.15, 0.2) is 59.8 Å². The maximum atomic E-state index is 13.1. The van der Waals surface area contributed by atoms with Crippen LogP contribution in [0.2, 0.25) is 0 Å². The molecule has 2 heterocycles. The molecule has 0 spiro atoms. The Labute approximate surface area is 174 Å². The van der Waals surface area contributed by atoms with E-state index in [9.17, 15) is 13.2 Å². The van der Waals surface area contributed by atoms with Crippen molar-refractivity contribution in [3.63, 3.8) is 0 Å². The summed E-state index contributed by atoms with van der Waals surface area (Å²) in [4.78, 5) is 13.1. The second kappa shape index (κ2) is 8.72. The van der Waals surface area contributed by atoms with Gasteiger partial charge in [0.25, 0.3) is 5.91 Å². The summed E-state index contributed by atoms with van der Waals surface area (Å²) in [6.45, 7) is 1.15. The molecule has 2 aromatic carbocycles. The van der Waals surface area contributed by atoms with E-state index in [2.05, 4.69) is 20.8 Å². The first-order valence-corrected chi connectivity index (χ1v) is 11.2. The maximum absolute atomic E-state index is 13.1. The smallest absolute Gasteiger partial charge is 0.253 e. The zero-order valence-corrected chi connectivity index (χ0v) is 17.1. The van der Waals surface area contributed by atoms with Gasteiger partial charge in [-0.15, -0.1) is 5.10 Å². The van der Waals surface area contributed by atoms with Gasteiger partial charge in [0.05, 0.1) is 16.1 Å². The van der Waals surface area contributed by atoms with Crippen LogP contribution < -0.4 is 5.32 Å². The van der Waals surface area contributed by atoms with Crippen molar-refractivity contribution in [2.75, 3.05) is 13.1 Å². The second-order valence-corrected chi connectivity index (χ2v) is 8.93. The Morgan fingerprint density at radius 1 is 1.00 bits per heavy atom. The molecule has 1 amide bonds. The number of nitrogens with one attached hydrogen (secondary N) is 1. The SMILES string of the molecule is O=C(NCc1ccccc1S(=O)(=O)N1CCCCC1)c1ccccc1-n1cnnn1. The number of carbonyl (C=O) groups is 1. The van der Waals surface area contributed by atoms with Crippen molar-refractivity contribution in [2.45, 2.75) is 30.7 Å². The van der Waals surface area contributed by atoms with Crippen LogP contribution in [0.4, 0.5) is 0 Å². The van der Waals surface area contributed by atoms with Crippen LogP contribution in [0.25, 0.3) is 5.69 Å². The molecule has 156 valence electrons. The van der Waals surface area contributed by atoms with Crippen molar-refractivity contribution in [3.8, 4) is 5.69 Å². The summed E-state index contributed by atoms with van der Waals surface area (Å²) in [5, 5.41) is 13.9. The number of nitrogens with zero attached hydrogens (tertiary/aromatic N) is 5. The number of rotatable bonds is 6. The van der Waals surface area contributed by atoms with Gasteiger partial charge in [-0.3, -0.25) is 4.79 Å². The Hall–Kier alpha value is -3.11. The third-order valence-electron chi connectivity index (χ3n) is 5.09. The molecule has 1 fully saturated rings. The minimum atomic E-state index is -3.60. The lowest BCUT2D eigenvalue weighted by Crippen LogP contribution is -2.36. The molecule has 1 N–H and O–H groups in total. The number of benzene rings is 2. The molecule has 1 saturated heterocycles. The summed E-state index contributed by atoms with van der Waals surface area (Å²) in [6, 6.07) is 13.7. The van der Waals surface area contributed by atoms with Gasteiger partial charge in [-0.05, 0) is 47.0 Å². The molecule has 4 rings (SSSR count). The largest absolute Gasteiger partial charge is 0.348 e. The van der Waals surface area contributed by atoms with Crippen LogP contribution in [0.1, 0.15) is 35.2 Å². The molecule has 9 nitrogen and oxygen atoms in total. The van der Waals surface area contributed by atoms with Gasteiger partial charge < -0.3 is 5.32 Å². The van der Waals surface area contributed by atoms with Crippen molar-refractivity contribution >= 4 is 15.9 Å². The lowest BCUT2D eigenvalue weighted by molar-refractivity contribution is 0.0950. The van der Waals surface area contributed by atoms with Crippen LogP contribution in [0.3, 0.4) is 0 Å². The summed E-state index contributed by atoms with van der Waals surface area (Å²) in [7, 11) is -3.60. The molecule has 0 atom stereocenters. The van der Waals surface area contributed by atoms with Gasteiger partial charge in [0.2, 0.25) is 10.0 Å². The summed E-state index contributed by atoms with van der Waals surface area (Å²) >= 11 is 0. The average molecular weight is 427 g/mol. The van der Waals surface area contributed by atoms with E-state index in [1.54, 1.807) is 48.5 Å². The number of hydrogen-bond donors (Lipinski definition) is 1. The highest BCUT2D eigenvalue weighted by molar-refractivity contribution is 7.89. The summed E-state index contributed by atoms with van der Waals surface area (Å²) in [6.07, 6.45) is 4.19. The van der Waals surface area contributed by atoms with Crippen LogP contribution in [-0.4, -0.2) is 51.9 Å². The van der Waals surface area contributed by atoms with Gasteiger partial charge >= 0.3 is 0 Å². The molecule has 10 heteroatoms. The quantitative estimate of drug-likeness (QED) is 0.643. The zero-order chi connectivity index (χ0) is 21.0. The Balaban J connectivity index is 1.55. The normalized spacial score (nSPS) is 15.1. The number of carbonyl (C=O) groups excluding carboxylic acids is 1. The van der Waals surface area contributed by atoms with E-state index in [1.165, 1.54) is 15.3 Å². The number of piperidine rings is 1. The number of aromatic nitrogens is 4. The highest BCUT2D eigenvalue weighted by atomic mass is 32.2. The predicted octanol–water partition coefficient (Wildman–Crippen LogP) is 1.77. The summed E-state index contributed by atoms with van der Waals surface area (Å²) in [5.41, 5.74) is 1.48. The molecule has 0 aliphatic carbocycles. The number of sulfonamides is 1. The molecule has 0 saturated carbocycles. The fourth-order valence-corrected chi connectivity index (χ4v) is 5.29. The predicted molar refractivity (Wildman–Crippen MR) is 109 cm³/mol. The molecule has 0 bridgehead atoms. The lowest BCUT2D eigenvalue weighted by atomic mass is 10.1.